The summed E-state index contributed by atoms with van der Waals surface area (Å²) in [6.45, 7) is 11.4. The third kappa shape index (κ3) is 7.08. The van der Waals surface area contributed by atoms with Gasteiger partial charge in [0.2, 0.25) is 5.91 Å². The molecule has 1 heterocycles. The Kier molecular flexibility index (Phi) is 8.97. The van der Waals surface area contributed by atoms with Crippen LogP contribution in [0.15, 0.2) is 58.2 Å². The van der Waals surface area contributed by atoms with Gasteiger partial charge in [0.05, 0.1) is 5.75 Å². The molecular weight excluding hydrogens is 500 g/mol. The molecule has 0 aliphatic rings. The van der Waals surface area contributed by atoms with Crippen LogP contribution in [0.1, 0.15) is 58.0 Å². The zero-order valence-electron chi connectivity index (χ0n) is 19.7. The second kappa shape index (κ2) is 11.7. The maximum absolute atomic E-state index is 12.5. The molecule has 1 unspecified atom stereocenters. The van der Waals surface area contributed by atoms with E-state index in [1.807, 2.05) is 49.4 Å². The summed E-state index contributed by atoms with van der Waals surface area (Å²) in [5.74, 6) is 2.53. The van der Waals surface area contributed by atoms with Crippen LogP contribution in [0.3, 0.4) is 0 Å². The maximum atomic E-state index is 12.5. The number of nitrogens with one attached hydrogen (secondary N) is 1. The van der Waals surface area contributed by atoms with E-state index in [1.165, 1.54) is 11.8 Å². The highest BCUT2D eigenvalue weighted by Gasteiger charge is 2.22. The zero-order valence-corrected chi connectivity index (χ0v) is 22.1. The minimum Gasteiger partial charge on any atom is -0.482 e. The molecule has 8 heteroatoms. The van der Waals surface area contributed by atoms with Crippen molar-refractivity contribution in [3.63, 3.8) is 0 Å². The third-order valence-corrected chi connectivity index (χ3v) is 6.40. The first-order chi connectivity index (χ1) is 15.7. The monoisotopic (exact) mass is 530 g/mol. The van der Waals surface area contributed by atoms with Gasteiger partial charge in [-0.05, 0) is 48.6 Å². The van der Waals surface area contributed by atoms with Crippen LogP contribution in [-0.2, 0) is 11.3 Å². The van der Waals surface area contributed by atoms with Crippen LogP contribution in [0.25, 0.3) is 0 Å². The first kappa shape index (κ1) is 25.3. The van der Waals surface area contributed by atoms with Crippen LogP contribution in [0.2, 0.25) is 0 Å². The van der Waals surface area contributed by atoms with Crippen LogP contribution in [0, 0.1) is 5.92 Å². The average molecular weight is 532 g/mol. The van der Waals surface area contributed by atoms with Crippen molar-refractivity contribution in [2.75, 3.05) is 11.1 Å². The summed E-state index contributed by atoms with van der Waals surface area (Å²) in [5.41, 5.74) is 1.92. The van der Waals surface area contributed by atoms with Crippen molar-refractivity contribution in [3.8, 4) is 5.75 Å². The first-order valence-electron chi connectivity index (χ1n) is 11.1. The van der Waals surface area contributed by atoms with Gasteiger partial charge in [-0.15, -0.1) is 10.2 Å². The Balaban J connectivity index is 1.73. The van der Waals surface area contributed by atoms with Gasteiger partial charge in [-0.3, -0.25) is 4.79 Å². The molecular formula is C25H31BrN4O2S. The number of carbonyl (C=O) groups excluding carboxylic acids is 1. The predicted octanol–water partition coefficient (Wildman–Crippen LogP) is 6.69. The van der Waals surface area contributed by atoms with Gasteiger partial charge in [-0.25, -0.2) is 0 Å². The molecule has 0 fully saturated rings. The van der Waals surface area contributed by atoms with Gasteiger partial charge < -0.3 is 14.6 Å². The van der Waals surface area contributed by atoms with E-state index < -0.39 is 0 Å². The fourth-order valence-corrected chi connectivity index (χ4v) is 4.60. The van der Waals surface area contributed by atoms with E-state index in [1.54, 1.807) is 0 Å². The summed E-state index contributed by atoms with van der Waals surface area (Å²) in [7, 11) is 0. The van der Waals surface area contributed by atoms with Crippen LogP contribution < -0.4 is 10.1 Å². The van der Waals surface area contributed by atoms with E-state index >= 15 is 0 Å². The van der Waals surface area contributed by atoms with Crippen LogP contribution in [-0.4, -0.2) is 26.4 Å². The van der Waals surface area contributed by atoms with E-state index in [9.17, 15) is 4.79 Å². The summed E-state index contributed by atoms with van der Waals surface area (Å²) in [4.78, 5) is 12.5. The highest BCUT2D eigenvalue weighted by Crippen LogP contribution is 2.31. The molecule has 2 aromatic carbocycles. The largest absolute Gasteiger partial charge is 0.482 e. The van der Waals surface area contributed by atoms with Gasteiger partial charge in [0.25, 0.3) is 0 Å². The molecule has 0 saturated carbocycles. The number of aromatic nitrogens is 3. The number of benzene rings is 2. The molecule has 1 aromatic heterocycles. The summed E-state index contributed by atoms with van der Waals surface area (Å²) >= 11 is 4.81. The second-order valence-corrected chi connectivity index (χ2v) is 10.5. The number of ether oxygens (including phenoxy) is 1. The predicted molar refractivity (Wildman–Crippen MR) is 138 cm³/mol. The molecule has 33 heavy (non-hydrogen) atoms. The van der Waals surface area contributed by atoms with Crippen LogP contribution in [0.5, 0.6) is 5.75 Å². The van der Waals surface area contributed by atoms with Gasteiger partial charge in [0.15, 0.2) is 17.1 Å². The van der Waals surface area contributed by atoms with Gasteiger partial charge >= 0.3 is 0 Å². The molecule has 1 amide bonds. The number of halogens is 1. The molecule has 3 rings (SSSR count). The fourth-order valence-electron chi connectivity index (χ4n) is 3.45. The molecule has 0 aliphatic carbocycles. The van der Waals surface area contributed by atoms with Crippen molar-refractivity contribution in [3.05, 3.63) is 64.4 Å². The quantitative estimate of drug-likeness (QED) is 0.295. The van der Waals surface area contributed by atoms with Gasteiger partial charge in [-0.2, -0.15) is 0 Å². The average Bonchev–Trinajstić information content (AvgIpc) is 3.14. The van der Waals surface area contributed by atoms with Crippen molar-refractivity contribution in [1.29, 1.82) is 0 Å². The van der Waals surface area contributed by atoms with Gasteiger partial charge in [0, 0.05) is 16.7 Å². The minimum atomic E-state index is -0.277. The molecule has 6 nitrogen and oxygen atoms in total. The Morgan fingerprint density at radius 1 is 1.09 bits per heavy atom. The lowest BCUT2D eigenvalue weighted by atomic mass is 10.0. The molecule has 1 atom stereocenters. The SMILES string of the molecule is CC(C)Cn1c(SCC(=O)Nc2cccc(Br)c2)nnc1C(C)Oc1ccccc1C(C)C. The highest BCUT2D eigenvalue weighted by atomic mass is 79.9. The summed E-state index contributed by atoms with van der Waals surface area (Å²) in [6.07, 6.45) is -0.277. The molecule has 0 radical (unpaired) electrons. The molecule has 3 aromatic rings. The summed E-state index contributed by atoms with van der Waals surface area (Å²) in [6, 6.07) is 15.6. The lowest BCUT2D eigenvalue weighted by molar-refractivity contribution is -0.113. The zero-order chi connectivity index (χ0) is 24.0. The number of hydrogen-bond donors (Lipinski definition) is 1. The smallest absolute Gasteiger partial charge is 0.234 e. The van der Waals surface area contributed by atoms with E-state index in [-0.39, 0.29) is 17.8 Å². The second-order valence-electron chi connectivity index (χ2n) is 8.65. The maximum Gasteiger partial charge on any atom is 0.234 e. The van der Waals surface area contributed by atoms with Gasteiger partial charge in [-0.1, -0.05) is 79.7 Å². The number of amides is 1. The lowest BCUT2D eigenvalue weighted by Crippen LogP contribution is -2.17. The molecule has 0 spiro atoms. The Morgan fingerprint density at radius 3 is 2.55 bits per heavy atom. The van der Waals surface area contributed by atoms with E-state index in [4.69, 9.17) is 4.74 Å². The molecule has 176 valence electrons. The number of nitrogens with zero attached hydrogens (tertiary/aromatic N) is 3. The van der Waals surface area contributed by atoms with Crippen molar-refractivity contribution < 1.29 is 9.53 Å². The Hall–Kier alpha value is -2.32. The van der Waals surface area contributed by atoms with E-state index in [2.05, 4.69) is 69.8 Å². The summed E-state index contributed by atoms with van der Waals surface area (Å²) in [5, 5.41) is 12.5. The van der Waals surface area contributed by atoms with Crippen molar-refractivity contribution in [1.82, 2.24) is 14.8 Å². The molecule has 0 bridgehead atoms. The number of para-hydroxylation sites is 1. The molecule has 0 aliphatic heterocycles. The van der Waals surface area contributed by atoms with Crippen LogP contribution >= 0.6 is 27.7 Å². The van der Waals surface area contributed by atoms with Crippen molar-refractivity contribution >= 4 is 39.3 Å². The fraction of sp³-hybridized carbons (Fsp3) is 0.400. The van der Waals surface area contributed by atoms with Crippen LogP contribution in [0.4, 0.5) is 5.69 Å². The molecule has 0 saturated heterocycles. The number of carbonyl (C=O) groups is 1. The van der Waals surface area contributed by atoms with Gasteiger partial charge in [0.1, 0.15) is 5.75 Å². The minimum absolute atomic E-state index is 0.0890. The normalized spacial score (nSPS) is 12.2. The Labute approximate surface area is 208 Å². The number of hydrogen-bond acceptors (Lipinski definition) is 5. The standard InChI is InChI=1S/C25H31BrN4O2S/c1-16(2)14-30-24(18(5)32-22-12-7-6-11-21(22)17(3)4)28-29-25(30)33-15-23(31)27-20-10-8-9-19(26)13-20/h6-13,16-18H,14-15H2,1-5H3,(H,27,31). The lowest BCUT2D eigenvalue weighted by Gasteiger charge is -2.20. The van der Waals surface area contributed by atoms with E-state index in [0.29, 0.717) is 11.8 Å². The first-order valence-corrected chi connectivity index (χ1v) is 12.9. The number of rotatable bonds is 10. The Morgan fingerprint density at radius 2 is 1.85 bits per heavy atom. The number of thioether (sulfide) groups is 1. The number of anilines is 1. The van der Waals surface area contributed by atoms with Crippen molar-refractivity contribution in [2.45, 2.75) is 58.3 Å². The Bertz CT molecular complexity index is 1080. The summed E-state index contributed by atoms with van der Waals surface area (Å²) < 4.78 is 9.32. The molecule has 1 N–H and O–H groups in total. The van der Waals surface area contributed by atoms with Crippen molar-refractivity contribution in [2.24, 2.45) is 5.92 Å². The van der Waals surface area contributed by atoms with E-state index in [0.717, 1.165) is 39.0 Å². The topological polar surface area (TPSA) is 69.0 Å². The third-order valence-electron chi connectivity index (χ3n) is 4.94. The highest BCUT2D eigenvalue weighted by molar-refractivity contribution is 9.10.